The van der Waals surface area contributed by atoms with E-state index < -0.39 is 0 Å². The van der Waals surface area contributed by atoms with Crippen molar-refractivity contribution in [2.24, 2.45) is 5.92 Å². The lowest BCUT2D eigenvalue weighted by atomic mass is 9.98. The summed E-state index contributed by atoms with van der Waals surface area (Å²) < 4.78 is 0. The molecule has 0 heterocycles. The Morgan fingerprint density at radius 2 is 1.92 bits per heavy atom. The quantitative estimate of drug-likeness (QED) is 0.689. The third-order valence-electron chi connectivity index (χ3n) is 1.85. The Morgan fingerprint density at radius 3 is 2.31 bits per heavy atom. The Labute approximate surface area is 83.3 Å². The van der Waals surface area contributed by atoms with Gasteiger partial charge in [-0.15, -0.1) is 0 Å². The third-order valence-corrected chi connectivity index (χ3v) is 1.85. The number of nitriles is 1. The smallest absolute Gasteiger partial charge is 0.0621 e. The lowest BCUT2D eigenvalue weighted by Crippen LogP contribution is -2.18. The average Bonchev–Trinajstić information content (AvgIpc) is 2.18. The molecule has 78 valence electrons. The van der Waals surface area contributed by atoms with Crippen LogP contribution in [0.3, 0.4) is 0 Å². The van der Waals surface area contributed by atoms with Crippen molar-refractivity contribution in [3.63, 3.8) is 0 Å². The predicted molar refractivity (Wildman–Crippen MR) is 58.5 cm³/mol. The van der Waals surface area contributed by atoms with Crippen molar-refractivity contribution in [2.75, 3.05) is 13.6 Å². The van der Waals surface area contributed by atoms with Crippen LogP contribution < -0.4 is 5.32 Å². The van der Waals surface area contributed by atoms with E-state index in [1.165, 1.54) is 12.8 Å². The van der Waals surface area contributed by atoms with E-state index >= 15 is 0 Å². The molecule has 1 N–H and O–H groups in total. The van der Waals surface area contributed by atoms with Crippen LogP contribution in [-0.4, -0.2) is 13.6 Å². The van der Waals surface area contributed by atoms with Gasteiger partial charge in [0.1, 0.15) is 0 Å². The molecule has 0 spiro atoms. The first-order chi connectivity index (χ1) is 6.35. The maximum atomic E-state index is 8.38. The minimum Gasteiger partial charge on any atom is -0.319 e. The van der Waals surface area contributed by atoms with Gasteiger partial charge < -0.3 is 5.32 Å². The molecule has 1 unspecified atom stereocenters. The van der Waals surface area contributed by atoms with Gasteiger partial charge in [-0.1, -0.05) is 27.2 Å². The highest BCUT2D eigenvalue weighted by Crippen LogP contribution is 2.11. The van der Waals surface area contributed by atoms with Gasteiger partial charge in [0.15, 0.2) is 0 Å². The van der Waals surface area contributed by atoms with Crippen LogP contribution in [0.4, 0.5) is 0 Å². The van der Waals surface area contributed by atoms with Crippen LogP contribution in [0.2, 0.25) is 0 Å². The van der Waals surface area contributed by atoms with Gasteiger partial charge in [-0.05, 0) is 32.4 Å². The highest BCUT2D eigenvalue weighted by Gasteiger charge is 2.04. The van der Waals surface area contributed by atoms with Crippen LogP contribution in [0.15, 0.2) is 0 Å². The number of hydrogen-bond donors (Lipinski definition) is 1. The molecule has 0 rings (SSSR count). The van der Waals surface area contributed by atoms with E-state index in [1.54, 1.807) is 0 Å². The van der Waals surface area contributed by atoms with Crippen LogP contribution in [0.1, 0.15) is 46.5 Å². The number of hydrogen-bond acceptors (Lipinski definition) is 2. The Bertz CT molecular complexity index is 110. The standard InChI is InChI=1S/C9H18N2.C2H6/c1-3-5-9(8-11-2)6-4-7-10;1-2/h9,11H,3-6,8H2,1-2H3;1-2H3. The molecule has 2 nitrogen and oxygen atoms in total. The number of rotatable bonds is 6. The monoisotopic (exact) mass is 184 g/mol. The van der Waals surface area contributed by atoms with Crippen LogP contribution in [0, 0.1) is 17.2 Å². The van der Waals surface area contributed by atoms with E-state index in [9.17, 15) is 0 Å². The van der Waals surface area contributed by atoms with E-state index in [-0.39, 0.29) is 0 Å². The zero-order valence-electron chi connectivity index (χ0n) is 9.56. The lowest BCUT2D eigenvalue weighted by molar-refractivity contribution is 0.433. The molecule has 13 heavy (non-hydrogen) atoms. The summed E-state index contributed by atoms with van der Waals surface area (Å²) in [6.07, 6.45) is 4.21. The van der Waals surface area contributed by atoms with Gasteiger partial charge in [-0.3, -0.25) is 0 Å². The Hall–Kier alpha value is -0.550. The van der Waals surface area contributed by atoms with Crippen molar-refractivity contribution < 1.29 is 0 Å². The van der Waals surface area contributed by atoms with Gasteiger partial charge in [0, 0.05) is 6.42 Å². The van der Waals surface area contributed by atoms with Crippen molar-refractivity contribution >= 4 is 0 Å². The third kappa shape index (κ3) is 11.5. The summed E-state index contributed by atoms with van der Waals surface area (Å²) in [6, 6.07) is 2.19. The Balaban J connectivity index is 0. The molecule has 0 radical (unpaired) electrons. The van der Waals surface area contributed by atoms with E-state index in [4.69, 9.17) is 5.26 Å². The number of nitrogens with one attached hydrogen (secondary N) is 1. The molecule has 0 aliphatic carbocycles. The SMILES string of the molecule is CC.CCCC(CCC#N)CNC. The van der Waals surface area contributed by atoms with E-state index in [0.717, 1.165) is 13.0 Å². The van der Waals surface area contributed by atoms with E-state index in [1.807, 2.05) is 20.9 Å². The van der Waals surface area contributed by atoms with Crippen molar-refractivity contribution in [3.8, 4) is 6.07 Å². The first-order valence-corrected chi connectivity index (χ1v) is 5.36. The van der Waals surface area contributed by atoms with Gasteiger partial charge in [0.25, 0.3) is 0 Å². The molecule has 0 amide bonds. The fraction of sp³-hybridized carbons (Fsp3) is 0.909. The molecule has 0 aliphatic rings. The molecule has 0 aromatic carbocycles. The molecule has 0 saturated carbocycles. The Kier molecular flexibility index (Phi) is 16.1. The largest absolute Gasteiger partial charge is 0.319 e. The first kappa shape index (κ1) is 14.9. The molecule has 0 aromatic rings. The summed E-state index contributed by atoms with van der Waals surface area (Å²) in [4.78, 5) is 0. The van der Waals surface area contributed by atoms with Crippen molar-refractivity contribution in [1.29, 1.82) is 5.26 Å². The second-order valence-electron chi connectivity index (χ2n) is 2.91. The second-order valence-corrected chi connectivity index (χ2v) is 2.91. The van der Waals surface area contributed by atoms with E-state index in [2.05, 4.69) is 18.3 Å². The summed E-state index contributed by atoms with van der Waals surface area (Å²) in [7, 11) is 1.97. The molecule has 0 saturated heterocycles. The molecule has 2 heteroatoms. The van der Waals surface area contributed by atoms with Crippen LogP contribution >= 0.6 is 0 Å². The summed E-state index contributed by atoms with van der Waals surface area (Å²) in [5.41, 5.74) is 0. The van der Waals surface area contributed by atoms with Crippen LogP contribution in [0.5, 0.6) is 0 Å². The van der Waals surface area contributed by atoms with Gasteiger partial charge in [-0.25, -0.2) is 0 Å². The lowest BCUT2D eigenvalue weighted by Gasteiger charge is -2.12. The van der Waals surface area contributed by atoms with Gasteiger partial charge >= 0.3 is 0 Å². The summed E-state index contributed by atoms with van der Waals surface area (Å²) >= 11 is 0. The van der Waals surface area contributed by atoms with Gasteiger partial charge in [0.2, 0.25) is 0 Å². The second kappa shape index (κ2) is 14.0. The van der Waals surface area contributed by atoms with Gasteiger partial charge in [-0.2, -0.15) is 5.26 Å². The minimum absolute atomic E-state index is 0.699. The molecule has 0 fully saturated rings. The van der Waals surface area contributed by atoms with Gasteiger partial charge in [0.05, 0.1) is 6.07 Å². The summed E-state index contributed by atoms with van der Waals surface area (Å²) in [5, 5.41) is 11.5. The molecule has 1 atom stereocenters. The predicted octanol–water partition coefficient (Wildman–Crippen LogP) is 2.95. The Morgan fingerprint density at radius 1 is 1.31 bits per heavy atom. The molecular weight excluding hydrogens is 160 g/mol. The fourth-order valence-electron chi connectivity index (χ4n) is 1.31. The van der Waals surface area contributed by atoms with Crippen molar-refractivity contribution in [3.05, 3.63) is 0 Å². The topological polar surface area (TPSA) is 35.8 Å². The van der Waals surface area contributed by atoms with Crippen LogP contribution in [0.25, 0.3) is 0 Å². The highest BCUT2D eigenvalue weighted by molar-refractivity contribution is 4.72. The maximum Gasteiger partial charge on any atom is 0.0621 e. The highest BCUT2D eigenvalue weighted by atomic mass is 14.8. The average molecular weight is 184 g/mol. The zero-order chi connectivity index (χ0) is 10.5. The van der Waals surface area contributed by atoms with Crippen molar-refractivity contribution in [1.82, 2.24) is 5.32 Å². The van der Waals surface area contributed by atoms with Crippen LogP contribution in [-0.2, 0) is 0 Å². The normalized spacial score (nSPS) is 11.0. The zero-order valence-corrected chi connectivity index (χ0v) is 9.56. The summed E-state index contributed by atoms with van der Waals surface area (Å²) in [5.74, 6) is 0.699. The molecule has 0 bridgehead atoms. The first-order valence-electron chi connectivity index (χ1n) is 5.36. The fourth-order valence-corrected chi connectivity index (χ4v) is 1.31. The summed E-state index contributed by atoms with van der Waals surface area (Å²) in [6.45, 7) is 7.24. The van der Waals surface area contributed by atoms with Crippen molar-refractivity contribution in [2.45, 2.75) is 46.5 Å². The number of nitrogens with zero attached hydrogens (tertiary/aromatic N) is 1. The maximum absolute atomic E-state index is 8.38. The molecular formula is C11H24N2. The molecule has 0 aliphatic heterocycles. The van der Waals surface area contributed by atoms with E-state index in [0.29, 0.717) is 12.3 Å². The minimum atomic E-state index is 0.699. The molecule has 0 aromatic heterocycles.